The van der Waals surface area contributed by atoms with Crippen LogP contribution in [-0.2, 0) is 9.53 Å². The normalized spacial score (nSPS) is 11.8. The van der Waals surface area contributed by atoms with Crippen molar-refractivity contribution in [1.29, 1.82) is 0 Å². The Hall–Kier alpha value is -3.38. The van der Waals surface area contributed by atoms with Crippen LogP contribution in [0, 0.1) is 0 Å². The van der Waals surface area contributed by atoms with Crippen LogP contribution in [0.5, 0.6) is 0 Å². The highest BCUT2D eigenvalue weighted by atomic mass is 16.5. The Morgan fingerprint density at radius 2 is 1.81 bits per heavy atom. The molecule has 3 aromatic rings. The van der Waals surface area contributed by atoms with Gasteiger partial charge in [-0.25, -0.2) is 4.79 Å². The van der Waals surface area contributed by atoms with Gasteiger partial charge in [0, 0.05) is 11.3 Å². The molecule has 6 nitrogen and oxygen atoms in total. The van der Waals surface area contributed by atoms with Gasteiger partial charge in [0.2, 0.25) is 0 Å². The number of fused-ring (bicyclic) bond motifs is 1. The summed E-state index contributed by atoms with van der Waals surface area (Å²) in [4.78, 5) is 24.5. The Labute approximate surface area is 156 Å². The standard InChI is InChI=1S/C21H20N2O4/c1-27-21(26)19(12-24)23-20(25)17-10-9-14(22)11-18(17)16-8-4-6-13-5-2-3-7-15(13)16/h2-11,19,24H,12,22H2,1H3,(H,23,25)/t19-/m1/s1. The molecular formula is C21H20N2O4. The minimum Gasteiger partial charge on any atom is -0.467 e. The summed E-state index contributed by atoms with van der Waals surface area (Å²) >= 11 is 0. The lowest BCUT2D eigenvalue weighted by atomic mass is 9.93. The third-order valence-corrected chi connectivity index (χ3v) is 4.34. The van der Waals surface area contributed by atoms with Crippen LogP contribution >= 0.6 is 0 Å². The molecule has 0 aliphatic rings. The van der Waals surface area contributed by atoms with E-state index in [1.165, 1.54) is 7.11 Å². The SMILES string of the molecule is COC(=O)[C@@H](CO)NC(=O)c1ccc(N)cc1-c1cccc2ccccc12. The molecule has 0 fully saturated rings. The fourth-order valence-corrected chi connectivity index (χ4v) is 3.00. The van der Waals surface area contributed by atoms with Gasteiger partial charge in [0.05, 0.1) is 13.7 Å². The van der Waals surface area contributed by atoms with Gasteiger partial charge >= 0.3 is 5.97 Å². The Bertz CT molecular complexity index is 995. The summed E-state index contributed by atoms with van der Waals surface area (Å²) in [6, 6.07) is 17.5. The van der Waals surface area contributed by atoms with Crippen LogP contribution in [0.2, 0.25) is 0 Å². The number of anilines is 1. The molecular weight excluding hydrogens is 344 g/mol. The van der Waals surface area contributed by atoms with Crippen LogP contribution < -0.4 is 11.1 Å². The quantitative estimate of drug-likeness (QED) is 0.476. The van der Waals surface area contributed by atoms with Crippen LogP contribution in [0.25, 0.3) is 21.9 Å². The molecule has 0 aliphatic heterocycles. The molecule has 0 aliphatic carbocycles. The first-order chi connectivity index (χ1) is 13.0. The topological polar surface area (TPSA) is 102 Å². The molecule has 0 radical (unpaired) electrons. The van der Waals surface area contributed by atoms with Crippen LogP contribution in [0.4, 0.5) is 5.69 Å². The molecule has 0 spiro atoms. The zero-order chi connectivity index (χ0) is 19.4. The van der Waals surface area contributed by atoms with E-state index in [1.54, 1.807) is 18.2 Å². The molecule has 0 aromatic heterocycles. The predicted octanol–water partition coefficient (Wildman–Crippen LogP) is 2.35. The summed E-state index contributed by atoms with van der Waals surface area (Å²) in [6.07, 6.45) is 0. The Morgan fingerprint density at radius 3 is 2.56 bits per heavy atom. The number of benzene rings is 3. The third kappa shape index (κ3) is 3.75. The van der Waals surface area contributed by atoms with Crippen molar-refractivity contribution >= 4 is 28.3 Å². The zero-order valence-electron chi connectivity index (χ0n) is 14.8. The molecule has 3 aromatic carbocycles. The van der Waals surface area contributed by atoms with Gasteiger partial charge in [0.25, 0.3) is 5.91 Å². The number of nitrogens with two attached hydrogens (primary N) is 1. The number of aliphatic hydroxyl groups is 1. The van der Waals surface area contributed by atoms with Gasteiger partial charge < -0.3 is 20.9 Å². The summed E-state index contributed by atoms with van der Waals surface area (Å²) in [5.41, 5.74) is 8.32. The van der Waals surface area contributed by atoms with Gasteiger partial charge in [-0.3, -0.25) is 4.79 Å². The van der Waals surface area contributed by atoms with Crippen molar-refractivity contribution in [3.8, 4) is 11.1 Å². The van der Waals surface area contributed by atoms with Crippen molar-refractivity contribution in [1.82, 2.24) is 5.32 Å². The minimum absolute atomic E-state index is 0.350. The summed E-state index contributed by atoms with van der Waals surface area (Å²) in [6.45, 7) is -0.559. The van der Waals surface area contributed by atoms with Gasteiger partial charge in [-0.2, -0.15) is 0 Å². The lowest BCUT2D eigenvalue weighted by Gasteiger charge is -2.17. The third-order valence-electron chi connectivity index (χ3n) is 4.34. The average Bonchev–Trinajstić information content (AvgIpc) is 2.70. The van der Waals surface area contributed by atoms with E-state index in [4.69, 9.17) is 5.73 Å². The second kappa shape index (κ2) is 7.88. The highest BCUT2D eigenvalue weighted by Gasteiger charge is 2.23. The summed E-state index contributed by atoms with van der Waals surface area (Å²) in [5, 5.41) is 13.9. The number of hydrogen-bond donors (Lipinski definition) is 3. The first-order valence-electron chi connectivity index (χ1n) is 8.42. The molecule has 1 amide bonds. The van der Waals surface area contributed by atoms with E-state index in [-0.39, 0.29) is 0 Å². The van der Waals surface area contributed by atoms with E-state index in [0.29, 0.717) is 16.8 Å². The van der Waals surface area contributed by atoms with Crippen LogP contribution in [0.15, 0.2) is 60.7 Å². The van der Waals surface area contributed by atoms with Gasteiger partial charge in [-0.1, -0.05) is 42.5 Å². The molecule has 0 heterocycles. The van der Waals surface area contributed by atoms with Crippen molar-refractivity contribution in [2.24, 2.45) is 0 Å². The Morgan fingerprint density at radius 1 is 1.07 bits per heavy atom. The monoisotopic (exact) mass is 364 g/mol. The van der Waals surface area contributed by atoms with E-state index in [2.05, 4.69) is 10.1 Å². The van der Waals surface area contributed by atoms with Crippen molar-refractivity contribution in [3.05, 3.63) is 66.2 Å². The molecule has 0 unspecified atom stereocenters. The highest BCUT2D eigenvalue weighted by Crippen LogP contribution is 2.32. The van der Waals surface area contributed by atoms with Gasteiger partial charge in [0.1, 0.15) is 0 Å². The van der Waals surface area contributed by atoms with Crippen molar-refractivity contribution in [3.63, 3.8) is 0 Å². The number of methoxy groups -OCH3 is 1. The van der Waals surface area contributed by atoms with E-state index >= 15 is 0 Å². The number of ether oxygens (including phenoxy) is 1. The van der Waals surface area contributed by atoms with Gasteiger partial charge in [-0.15, -0.1) is 0 Å². The van der Waals surface area contributed by atoms with Crippen LogP contribution in [0.3, 0.4) is 0 Å². The molecule has 6 heteroatoms. The maximum atomic E-state index is 12.8. The van der Waals surface area contributed by atoms with E-state index in [9.17, 15) is 14.7 Å². The van der Waals surface area contributed by atoms with Crippen molar-refractivity contribution in [2.45, 2.75) is 6.04 Å². The number of nitrogens with one attached hydrogen (secondary N) is 1. The van der Waals surface area contributed by atoms with Gasteiger partial charge in [-0.05, 0) is 40.1 Å². The van der Waals surface area contributed by atoms with E-state index in [1.807, 2.05) is 42.5 Å². The number of amides is 1. The molecule has 3 rings (SSSR count). The molecule has 27 heavy (non-hydrogen) atoms. The number of esters is 1. The smallest absolute Gasteiger partial charge is 0.330 e. The largest absolute Gasteiger partial charge is 0.467 e. The second-order valence-electron chi connectivity index (χ2n) is 6.06. The predicted molar refractivity (Wildman–Crippen MR) is 104 cm³/mol. The van der Waals surface area contributed by atoms with Crippen LogP contribution in [-0.4, -0.2) is 36.7 Å². The molecule has 0 saturated heterocycles. The first kappa shape index (κ1) is 18.4. The number of carbonyl (C=O) groups is 2. The molecule has 0 bridgehead atoms. The number of carbonyl (C=O) groups excluding carboxylic acids is 2. The lowest BCUT2D eigenvalue weighted by molar-refractivity contribution is -0.143. The number of aliphatic hydroxyl groups excluding tert-OH is 1. The maximum Gasteiger partial charge on any atom is 0.330 e. The molecule has 0 saturated carbocycles. The summed E-state index contributed by atoms with van der Waals surface area (Å²) < 4.78 is 4.60. The second-order valence-corrected chi connectivity index (χ2v) is 6.06. The van der Waals surface area contributed by atoms with E-state index < -0.39 is 24.5 Å². The van der Waals surface area contributed by atoms with Gasteiger partial charge in [0.15, 0.2) is 6.04 Å². The Balaban J connectivity index is 2.08. The maximum absolute atomic E-state index is 12.8. The fourth-order valence-electron chi connectivity index (χ4n) is 3.00. The fraction of sp³-hybridized carbons (Fsp3) is 0.143. The molecule has 1 atom stereocenters. The average molecular weight is 364 g/mol. The van der Waals surface area contributed by atoms with E-state index in [0.717, 1.165) is 16.3 Å². The number of hydrogen-bond acceptors (Lipinski definition) is 5. The van der Waals surface area contributed by atoms with Crippen molar-refractivity contribution < 1.29 is 19.4 Å². The van der Waals surface area contributed by atoms with Crippen molar-refractivity contribution in [2.75, 3.05) is 19.5 Å². The minimum atomic E-state index is -1.14. The molecule has 4 N–H and O–H groups in total. The number of nitrogen functional groups attached to an aromatic ring is 1. The lowest BCUT2D eigenvalue weighted by Crippen LogP contribution is -2.44. The molecule has 138 valence electrons. The Kier molecular flexibility index (Phi) is 5.38. The summed E-state index contributed by atoms with van der Waals surface area (Å²) in [7, 11) is 1.20. The first-order valence-corrected chi connectivity index (χ1v) is 8.42. The highest BCUT2D eigenvalue weighted by molar-refractivity contribution is 6.07. The zero-order valence-corrected chi connectivity index (χ0v) is 14.8. The summed E-state index contributed by atoms with van der Waals surface area (Å²) in [5.74, 6) is -1.21. The number of rotatable bonds is 5. The van der Waals surface area contributed by atoms with Crippen LogP contribution in [0.1, 0.15) is 10.4 Å².